The number of ether oxygens (including phenoxy) is 2. The highest BCUT2D eigenvalue weighted by molar-refractivity contribution is 7.87. The largest absolute Gasteiger partial charge is 0.379 e. The summed E-state index contributed by atoms with van der Waals surface area (Å²) in [5, 5.41) is 13.0. The lowest BCUT2D eigenvalue weighted by atomic mass is 9.99. The zero-order valence-corrected chi connectivity index (χ0v) is 22.7. The SMILES string of the molecule is NC1CCN(S(=O)(=O)NCCOCCOCCCc2cccc3c2C(=O)N(C2CCC(=O)NC2=O)C3O)CC1. The topological polar surface area (TPSA) is 181 Å². The third kappa shape index (κ3) is 7.20. The molecule has 2 saturated heterocycles. The van der Waals surface area contributed by atoms with Gasteiger partial charge in [0.05, 0.1) is 25.4 Å². The number of rotatable bonds is 13. The van der Waals surface area contributed by atoms with Gasteiger partial charge in [0.25, 0.3) is 16.1 Å². The molecule has 0 spiro atoms. The maximum Gasteiger partial charge on any atom is 0.279 e. The first-order valence-electron chi connectivity index (χ1n) is 13.3. The van der Waals surface area contributed by atoms with Gasteiger partial charge in [-0.1, -0.05) is 18.2 Å². The summed E-state index contributed by atoms with van der Waals surface area (Å²) < 4.78 is 39.5. The molecule has 13 nitrogen and oxygen atoms in total. The first kappa shape index (κ1) is 29.5. The van der Waals surface area contributed by atoms with Crippen molar-refractivity contribution in [2.75, 3.05) is 46.1 Å². The molecular formula is C25H37N5O8S. The second kappa shape index (κ2) is 13.3. The summed E-state index contributed by atoms with van der Waals surface area (Å²) >= 11 is 0. The van der Waals surface area contributed by atoms with E-state index in [1.165, 1.54) is 4.31 Å². The summed E-state index contributed by atoms with van der Waals surface area (Å²) in [6.07, 6.45) is 1.51. The van der Waals surface area contributed by atoms with E-state index in [4.69, 9.17) is 15.2 Å². The molecule has 216 valence electrons. The summed E-state index contributed by atoms with van der Waals surface area (Å²) in [5.74, 6) is -1.38. The Morgan fingerprint density at radius 3 is 2.49 bits per heavy atom. The van der Waals surface area contributed by atoms with Crippen molar-refractivity contribution in [3.8, 4) is 0 Å². The maximum atomic E-state index is 13.2. The monoisotopic (exact) mass is 567 g/mol. The fourth-order valence-electron chi connectivity index (χ4n) is 5.09. The number of amides is 3. The lowest BCUT2D eigenvalue weighted by Crippen LogP contribution is -2.53. The number of aliphatic hydroxyl groups excluding tert-OH is 1. The first-order chi connectivity index (χ1) is 18.7. The minimum Gasteiger partial charge on any atom is -0.379 e. The van der Waals surface area contributed by atoms with Gasteiger partial charge in [0.1, 0.15) is 6.04 Å². The Morgan fingerprint density at radius 1 is 1.05 bits per heavy atom. The molecule has 1 aromatic carbocycles. The van der Waals surface area contributed by atoms with E-state index in [0.29, 0.717) is 69.7 Å². The number of nitrogens with two attached hydrogens (primary N) is 1. The van der Waals surface area contributed by atoms with Crippen molar-refractivity contribution in [3.05, 3.63) is 34.9 Å². The highest BCUT2D eigenvalue weighted by Crippen LogP contribution is 2.37. The molecular weight excluding hydrogens is 530 g/mol. The van der Waals surface area contributed by atoms with E-state index in [-0.39, 0.29) is 37.9 Å². The number of carbonyl (C=O) groups is 3. The van der Waals surface area contributed by atoms with Crippen LogP contribution in [0.2, 0.25) is 0 Å². The van der Waals surface area contributed by atoms with Gasteiger partial charge in [-0.05, 0) is 37.7 Å². The number of piperidine rings is 2. The highest BCUT2D eigenvalue weighted by Gasteiger charge is 2.45. The fraction of sp³-hybridized carbons (Fsp3) is 0.640. The van der Waals surface area contributed by atoms with Crippen LogP contribution in [0.5, 0.6) is 0 Å². The molecule has 14 heteroatoms. The lowest BCUT2D eigenvalue weighted by Gasteiger charge is -2.31. The molecule has 3 heterocycles. The molecule has 0 radical (unpaired) electrons. The molecule has 4 rings (SSSR count). The van der Waals surface area contributed by atoms with Crippen molar-refractivity contribution >= 4 is 27.9 Å². The van der Waals surface area contributed by atoms with Gasteiger partial charge in [0.2, 0.25) is 11.8 Å². The lowest BCUT2D eigenvalue weighted by molar-refractivity contribution is -0.139. The number of hydrogen-bond acceptors (Lipinski definition) is 9. The quantitative estimate of drug-likeness (QED) is 0.175. The summed E-state index contributed by atoms with van der Waals surface area (Å²) in [5.41, 5.74) is 7.43. The third-order valence-electron chi connectivity index (χ3n) is 7.20. The van der Waals surface area contributed by atoms with Crippen LogP contribution in [0, 0.1) is 0 Å². The van der Waals surface area contributed by atoms with E-state index in [1.54, 1.807) is 12.1 Å². The van der Waals surface area contributed by atoms with Gasteiger partial charge in [-0.2, -0.15) is 17.4 Å². The second-order valence-electron chi connectivity index (χ2n) is 9.90. The predicted molar refractivity (Wildman–Crippen MR) is 139 cm³/mol. The number of nitrogens with zero attached hydrogens (tertiary/aromatic N) is 2. The van der Waals surface area contributed by atoms with Crippen molar-refractivity contribution in [1.82, 2.24) is 19.2 Å². The normalized spacial score (nSPS) is 22.8. The standard InChI is InChI=1S/C25H37N5O8S/c26-18-8-11-29(12-9-18)39(35,36)27-10-14-38-16-15-37-13-2-4-17-3-1-5-19-22(17)25(34)30(24(19)33)20-6-7-21(31)28-23(20)32/h1,3,5,18,20,24,27,33H,2,4,6-16,26H2,(H,28,31,32). The van der Waals surface area contributed by atoms with Gasteiger partial charge < -0.3 is 20.3 Å². The molecule has 3 aliphatic heterocycles. The van der Waals surface area contributed by atoms with Crippen LogP contribution in [0.3, 0.4) is 0 Å². The van der Waals surface area contributed by atoms with Crippen molar-refractivity contribution in [1.29, 1.82) is 0 Å². The fourth-order valence-corrected chi connectivity index (χ4v) is 6.31. The molecule has 0 aromatic heterocycles. The van der Waals surface area contributed by atoms with Gasteiger partial charge in [-0.3, -0.25) is 24.6 Å². The summed E-state index contributed by atoms with van der Waals surface area (Å²) in [4.78, 5) is 38.1. The average Bonchev–Trinajstić information content (AvgIpc) is 3.15. The Labute approximate surface area is 228 Å². The molecule has 2 atom stereocenters. The molecule has 2 fully saturated rings. The number of imide groups is 1. The summed E-state index contributed by atoms with van der Waals surface area (Å²) in [6, 6.07) is 4.41. The number of aliphatic hydroxyl groups is 1. The molecule has 3 amide bonds. The van der Waals surface area contributed by atoms with Crippen LogP contribution >= 0.6 is 0 Å². The smallest absolute Gasteiger partial charge is 0.279 e. The van der Waals surface area contributed by atoms with E-state index in [0.717, 1.165) is 10.5 Å². The van der Waals surface area contributed by atoms with Gasteiger partial charge in [0, 0.05) is 44.3 Å². The van der Waals surface area contributed by atoms with Gasteiger partial charge in [-0.15, -0.1) is 0 Å². The van der Waals surface area contributed by atoms with Crippen LogP contribution in [-0.2, 0) is 35.7 Å². The van der Waals surface area contributed by atoms with E-state index in [1.807, 2.05) is 6.07 Å². The molecule has 2 unspecified atom stereocenters. The van der Waals surface area contributed by atoms with Crippen LogP contribution in [0.4, 0.5) is 0 Å². The van der Waals surface area contributed by atoms with E-state index >= 15 is 0 Å². The van der Waals surface area contributed by atoms with Crippen molar-refractivity contribution in [2.24, 2.45) is 5.73 Å². The van der Waals surface area contributed by atoms with Gasteiger partial charge >= 0.3 is 0 Å². The maximum absolute atomic E-state index is 13.2. The Morgan fingerprint density at radius 2 is 1.77 bits per heavy atom. The Bertz CT molecular complexity index is 1160. The molecule has 5 N–H and O–H groups in total. The number of hydrogen-bond donors (Lipinski definition) is 4. The number of nitrogens with one attached hydrogen (secondary N) is 2. The Kier molecular flexibility index (Phi) is 10.0. The summed E-state index contributed by atoms with van der Waals surface area (Å²) in [7, 11) is -3.52. The first-order valence-corrected chi connectivity index (χ1v) is 14.7. The van der Waals surface area contributed by atoms with Crippen molar-refractivity contribution in [3.63, 3.8) is 0 Å². The van der Waals surface area contributed by atoms with Crippen molar-refractivity contribution in [2.45, 2.75) is 56.8 Å². The molecule has 3 aliphatic rings. The number of benzene rings is 1. The number of carbonyl (C=O) groups excluding carboxylic acids is 3. The van der Waals surface area contributed by atoms with Gasteiger partial charge in [-0.25, -0.2) is 0 Å². The minimum atomic E-state index is -3.52. The average molecular weight is 568 g/mol. The molecule has 0 saturated carbocycles. The predicted octanol–water partition coefficient (Wildman–Crippen LogP) is -0.838. The number of fused-ring (bicyclic) bond motifs is 1. The Hall–Kier alpha value is -2.46. The van der Waals surface area contributed by atoms with Crippen LogP contribution in [0.1, 0.15) is 59.8 Å². The van der Waals surface area contributed by atoms with Crippen LogP contribution in [-0.4, -0.2) is 98.6 Å². The van der Waals surface area contributed by atoms with Crippen molar-refractivity contribution < 1.29 is 37.4 Å². The zero-order valence-electron chi connectivity index (χ0n) is 21.8. The molecule has 0 bridgehead atoms. The molecule has 39 heavy (non-hydrogen) atoms. The van der Waals surface area contributed by atoms with E-state index in [9.17, 15) is 27.9 Å². The molecule has 1 aromatic rings. The second-order valence-corrected chi connectivity index (χ2v) is 11.7. The third-order valence-corrected chi connectivity index (χ3v) is 8.81. The summed E-state index contributed by atoms with van der Waals surface area (Å²) in [6.45, 7) is 2.30. The molecule has 0 aliphatic carbocycles. The van der Waals surface area contributed by atoms with E-state index in [2.05, 4.69) is 10.0 Å². The zero-order chi connectivity index (χ0) is 28.0. The minimum absolute atomic E-state index is 0.0547. The van der Waals surface area contributed by atoms with Crippen LogP contribution in [0.25, 0.3) is 0 Å². The van der Waals surface area contributed by atoms with Crippen LogP contribution < -0.4 is 15.8 Å². The number of aryl methyl sites for hydroxylation is 1. The Balaban J connectivity index is 1.14. The van der Waals surface area contributed by atoms with Crippen LogP contribution in [0.15, 0.2) is 18.2 Å². The highest BCUT2D eigenvalue weighted by atomic mass is 32.2. The van der Waals surface area contributed by atoms with E-state index < -0.39 is 34.3 Å². The van der Waals surface area contributed by atoms with Gasteiger partial charge in [0.15, 0.2) is 6.23 Å².